The number of amides is 1. The first kappa shape index (κ1) is 19.0. The minimum atomic E-state index is -0.140. The molecule has 3 aromatic rings. The van der Waals surface area contributed by atoms with E-state index >= 15 is 0 Å². The van der Waals surface area contributed by atoms with E-state index in [-0.39, 0.29) is 17.6 Å². The van der Waals surface area contributed by atoms with Crippen molar-refractivity contribution in [3.8, 4) is 17.1 Å². The first-order chi connectivity index (χ1) is 14.0. The van der Waals surface area contributed by atoms with E-state index in [4.69, 9.17) is 9.26 Å². The van der Waals surface area contributed by atoms with Crippen molar-refractivity contribution in [1.82, 2.24) is 14.6 Å². The van der Waals surface area contributed by atoms with Gasteiger partial charge in [-0.15, -0.1) is 0 Å². The lowest BCUT2D eigenvalue weighted by molar-refractivity contribution is 0.0586. The van der Waals surface area contributed by atoms with Gasteiger partial charge in [-0.3, -0.25) is 9.59 Å². The highest BCUT2D eigenvalue weighted by molar-refractivity contribution is 5.93. The number of carbonyl (C=O) groups is 1. The van der Waals surface area contributed by atoms with Crippen LogP contribution < -0.4 is 10.3 Å². The van der Waals surface area contributed by atoms with Gasteiger partial charge < -0.3 is 18.7 Å². The Morgan fingerprint density at radius 2 is 1.86 bits per heavy atom. The van der Waals surface area contributed by atoms with Crippen LogP contribution in [0, 0.1) is 6.92 Å². The first-order valence-electron chi connectivity index (χ1n) is 9.67. The number of hydrogen-bond acceptors (Lipinski definition) is 5. The van der Waals surface area contributed by atoms with Gasteiger partial charge in [-0.2, -0.15) is 0 Å². The Balaban J connectivity index is 1.37. The van der Waals surface area contributed by atoms with Crippen LogP contribution in [0.5, 0.6) is 5.75 Å². The van der Waals surface area contributed by atoms with Gasteiger partial charge in [0.25, 0.3) is 11.5 Å². The summed E-state index contributed by atoms with van der Waals surface area (Å²) < 4.78 is 12.9. The fraction of sp³-hybridized carbons (Fsp3) is 0.318. The SMILES string of the molecule is Cc1cc(OC2CCN(C(=O)c3cc(-c4ccccc4)on3)CC2)cc(=O)n1C. The van der Waals surface area contributed by atoms with E-state index in [0.717, 1.165) is 11.3 Å². The number of nitrogens with zero attached hydrogens (tertiary/aromatic N) is 3. The molecule has 7 heteroatoms. The molecule has 2 aromatic heterocycles. The average Bonchev–Trinajstić information content (AvgIpc) is 3.23. The molecule has 3 heterocycles. The number of pyridine rings is 1. The van der Waals surface area contributed by atoms with E-state index in [1.165, 1.54) is 6.07 Å². The van der Waals surface area contributed by atoms with Crippen LogP contribution in [0.2, 0.25) is 0 Å². The molecule has 1 aliphatic rings. The summed E-state index contributed by atoms with van der Waals surface area (Å²) in [5.41, 5.74) is 1.95. The van der Waals surface area contributed by atoms with Gasteiger partial charge in [0.2, 0.25) is 0 Å². The standard InChI is InChI=1S/C22H23N3O4/c1-15-12-18(13-21(26)24(15)2)28-17-8-10-25(11-9-17)22(27)19-14-20(29-23-19)16-6-4-3-5-7-16/h3-7,12-14,17H,8-11H2,1-2H3. The summed E-state index contributed by atoms with van der Waals surface area (Å²) in [5.74, 6) is 1.02. The molecule has 7 nitrogen and oxygen atoms in total. The molecule has 1 saturated heterocycles. The van der Waals surface area contributed by atoms with E-state index in [1.54, 1.807) is 22.6 Å². The molecule has 0 spiro atoms. The maximum atomic E-state index is 12.8. The molecular weight excluding hydrogens is 370 g/mol. The Bertz CT molecular complexity index is 1060. The van der Waals surface area contributed by atoms with Crippen molar-refractivity contribution in [3.05, 3.63) is 70.3 Å². The Morgan fingerprint density at radius 1 is 1.14 bits per heavy atom. The molecule has 1 aromatic carbocycles. The second-order valence-corrected chi connectivity index (χ2v) is 7.28. The van der Waals surface area contributed by atoms with E-state index in [0.29, 0.717) is 43.1 Å². The fourth-order valence-electron chi connectivity index (χ4n) is 3.45. The van der Waals surface area contributed by atoms with Crippen molar-refractivity contribution < 1.29 is 14.1 Å². The van der Waals surface area contributed by atoms with Crippen LogP contribution in [0.15, 0.2) is 57.8 Å². The highest BCUT2D eigenvalue weighted by Gasteiger charge is 2.27. The Hall–Kier alpha value is -3.35. The van der Waals surface area contributed by atoms with Crippen LogP contribution in [-0.2, 0) is 7.05 Å². The summed E-state index contributed by atoms with van der Waals surface area (Å²) in [4.78, 5) is 26.4. The van der Waals surface area contributed by atoms with Gasteiger partial charge in [0.05, 0.1) is 0 Å². The molecule has 0 N–H and O–H groups in total. The zero-order valence-electron chi connectivity index (χ0n) is 16.5. The Labute approximate surface area is 168 Å². The van der Waals surface area contributed by atoms with Gasteiger partial charge in [-0.05, 0) is 13.0 Å². The van der Waals surface area contributed by atoms with Crippen LogP contribution in [0.1, 0.15) is 29.0 Å². The molecular formula is C22H23N3O4. The number of aromatic nitrogens is 2. The molecule has 0 atom stereocenters. The Morgan fingerprint density at radius 3 is 2.55 bits per heavy atom. The average molecular weight is 393 g/mol. The van der Waals surface area contributed by atoms with Crippen LogP contribution in [0.25, 0.3) is 11.3 Å². The number of benzene rings is 1. The highest BCUT2D eigenvalue weighted by atomic mass is 16.5. The first-order valence-corrected chi connectivity index (χ1v) is 9.67. The molecule has 29 heavy (non-hydrogen) atoms. The molecule has 150 valence electrons. The van der Waals surface area contributed by atoms with Crippen LogP contribution in [-0.4, -0.2) is 39.7 Å². The Kier molecular flexibility index (Phi) is 5.20. The third kappa shape index (κ3) is 4.08. The number of likely N-dealkylation sites (tertiary alicyclic amines) is 1. The lowest BCUT2D eigenvalue weighted by Gasteiger charge is -2.31. The van der Waals surface area contributed by atoms with Gasteiger partial charge in [0.15, 0.2) is 11.5 Å². The predicted octanol–water partition coefficient (Wildman–Crippen LogP) is 3.03. The minimum absolute atomic E-state index is 0.0252. The predicted molar refractivity (Wildman–Crippen MR) is 108 cm³/mol. The number of carbonyl (C=O) groups excluding carboxylic acids is 1. The van der Waals surface area contributed by atoms with Gasteiger partial charge in [0.1, 0.15) is 11.9 Å². The summed E-state index contributed by atoms with van der Waals surface area (Å²) in [7, 11) is 1.73. The van der Waals surface area contributed by atoms with Crippen molar-refractivity contribution in [2.45, 2.75) is 25.9 Å². The summed E-state index contributed by atoms with van der Waals surface area (Å²) in [6, 6.07) is 14.6. The van der Waals surface area contributed by atoms with Crippen molar-refractivity contribution in [1.29, 1.82) is 0 Å². The highest BCUT2D eigenvalue weighted by Crippen LogP contribution is 2.23. The third-order valence-corrected chi connectivity index (χ3v) is 5.30. The number of ether oxygens (including phenoxy) is 1. The second-order valence-electron chi connectivity index (χ2n) is 7.28. The van der Waals surface area contributed by atoms with Crippen LogP contribution in [0.4, 0.5) is 0 Å². The van der Waals surface area contributed by atoms with E-state index < -0.39 is 0 Å². The topological polar surface area (TPSA) is 77.6 Å². The molecule has 0 saturated carbocycles. The quantitative estimate of drug-likeness (QED) is 0.681. The molecule has 0 aliphatic carbocycles. The molecule has 0 unspecified atom stereocenters. The maximum Gasteiger partial charge on any atom is 0.276 e. The smallest absolute Gasteiger partial charge is 0.276 e. The van der Waals surface area contributed by atoms with Crippen molar-refractivity contribution in [2.75, 3.05) is 13.1 Å². The zero-order valence-corrected chi connectivity index (χ0v) is 16.5. The van der Waals surface area contributed by atoms with E-state index in [2.05, 4.69) is 5.16 Å². The van der Waals surface area contributed by atoms with Gasteiger partial charge in [0, 0.05) is 56.4 Å². The fourth-order valence-corrected chi connectivity index (χ4v) is 3.45. The maximum absolute atomic E-state index is 12.8. The van der Waals surface area contributed by atoms with E-state index in [1.807, 2.05) is 43.3 Å². The molecule has 0 radical (unpaired) electrons. The van der Waals surface area contributed by atoms with Crippen molar-refractivity contribution in [3.63, 3.8) is 0 Å². The summed E-state index contributed by atoms with van der Waals surface area (Å²) in [6.07, 6.45) is 1.37. The molecule has 1 amide bonds. The molecule has 0 bridgehead atoms. The van der Waals surface area contributed by atoms with Gasteiger partial charge in [-0.25, -0.2) is 0 Å². The van der Waals surface area contributed by atoms with Gasteiger partial charge in [-0.1, -0.05) is 35.5 Å². The third-order valence-electron chi connectivity index (χ3n) is 5.30. The molecule has 1 fully saturated rings. The zero-order chi connectivity index (χ0) is 20.4. The lowest BCUT2D eigenvalue weighted by Crippen LogP contribution is -2.42. The van der Waals surface area contributed by atoms with Crippen LogP contribution >= 0.6 is 0 Å². The van der Waals surface area contributed by atoms with Crippen molar-refractivity contribution in [2.24, 2.45) is 7.05 Å². The number of piperidine rings is 1. The van der Waals surface area contributed by atoms with E-state index in [9.17, 15) is 9.59 Å². The minimum Gasteiger partial charge on any atom is -0.490 e. The van der Waals surface area contributed by atoms with Crippen molar-refractivity contribution >= 4 is 5.91 Å². The normalized spacial score (nSPS) is 14.8. The monoisotopic (exact) mass is 393 g/mol. The van der Waals surface area contributed by atoms with Crippen LogP contribution in [0.3, 0.4) is 0 Å². The molecule has 4 rings (SSSR count). The number of aryl methyl sites for hydroxylation is 1. The largest absolute Gasteiger partial charge is 0.490 e. The summed E-state index contributed by atoms with van der Waals surface area (Å²) >= 11 is 0. The summed E-state index contributed by atoms with van der Waals surface area (Å²) in [6.45, 7) is 3.01. The molecule has 1 aliphatic heterocycles. The second kappa shape index (κ2) is 7.95. The number of hydrogen-bond donors (Lipinski definition) is 0. The summed E-state index contributed by atoms with van der Waals surface area (Å²) in [5, 5.41) is 3.95. The number of rotatable bonds is 4. The van der Waals surface area contributed by atoms with Gasteiger partial charge >= 0.3 is 0 Å². The lowest BCUT2D eigenvalue weighted by atomic mass is 10.1.